The minimum Gasteiger partial charge on any atom is -0.334 e. The molecular formula is C26H16Cl2F4N4O. The summed E-state index contributed by atoms with van der Waals surface area (Å²) in [5, 5.41) is 0.602. The Morgan fingerprint density at radius 2 is 1.59 bits per heavy atom. The number of halogens is 6. The largest absolute Gasteiger partial charge is 0.493 e. The highest BCUT2D eigenvalue weighted by molar-refractivity contribution is 6.31. The van der Waals surface area contributed by atoms with Gasteiger partial charge in [-0.3, -0.25) is 4.79 Å². The Morgan fingerprint density at radius 1 is 0.865 bits per heavy atom. The van der Waals surface area contributed by atoms with Gasteiger partial charge in [-0.25, -0.2) is 18.9 Å². The SMILES string of the molecule is Cn1cncc1[C@@](F)(c1ccc(Cl)cc1)c1cnc2c(c1)c(-c1cccc(Cl)c1)cc(=O)n2C(F)(F)F. The molecule has 188 valence electrons. The average Bonchev–Trinajstić information content (AvgIpc) is 3.28. The van der Waals surface area contributed by atoms with Crippen molar-refractivity contribution in [2.24, 2.45) is 7.05 Å². The van der Waals surface area contributed by atoms with Crippen LogP contribution in [0.25, 0.3) is 22.2 Å². The van der Waals surface area contributed by atoms with Gasteiger partial charge in [0.15, 0.2) is 5.65 Å². The first kappa shape index (κ1) is 25.0. The van der Waals surface area contributed by atoms with E-state index in [2.05, 4.69) is 9.97 Å². The molecule has 11 heteroatoms. The van der Waals surface area contributed by atoms with Gasteiger partial charge >= 0.3 is 6.30 Å². The van der Waals surface area contributed by atoms with Gasteiger partial charge in [-0.2, -0.15) is 0 Å². The van der Waals surface area contributed by atoms with Crippen LogP contribution >= 0.6 is 23.2 Å². The summed E-state index contributed by atoms with van der Waals surface area (Å²) in [7, 11) is 1.60. The molecule has 0 fully saturated rings. The zero-order chi connectivity index (χ0) is 26.5. The van der Waals surface area contributed by atoms with Crippen LogP contribution in [0.5, 0.6) is 0 Å². The molecule has 0 aliphatic carbocycles. The minimum absolute atomic E-state index is 0.0680. The number of rotatable bonds is 4. The quantitative estimate of drug-likeness (QED) is 0.232. The highest BCUT2D eigenvalue weighted by atomic mass is 35.5. The van der Waals surface area contributed by atoms with Crippen molar-refractivity contribution < 1.29 is 17.6 Å². The number of aryl methyl sites for hydroxylation is 1. The lowest BCUT2D eigenvalue weighted by Crippen LogP contribution is -2.32. The van der Waals surface area contributed by atoms with Crippen LogP contribution in [0.3, 0.4) is 0 Å². The van der Waals surface area contributed by atoms with E-state index in [4.69, 9.17) is 23.2 Å². The Balaban J connectivity index is 1.88. The smallest absolute Gasteiger partial charge is 0.334 e. The highest BCUT2D eigenvalue weighted by Gasteiger charge is 2.41. The van der Waals surface area contributed by atoms with Crippen LogP contribution in [-0.4, -0.2) is 19.1 Å². The van der Waals surface area contributed by atoms with Gasteiger partial charge in [-0.1, -0.05) is 47.5 Å². The van der Waals surface area contributed by atoms with E-state index in [1.807, 2.05) is 0 Å². The Hall–Kier alpha value is -3.69. The average molecular weight is 547 g/mol. The van der Waals surface area contributed by atoms with Crippen LogP contribution in [0.15, 0.2) is 84.2 Å². The summed E-state index contributed by atoms with van der Waals surface area (Å²) in [4.78, 5) is 20.6. The third-order valence-corrected chi connectivity index (χ3v) is 6.54. The summed E-state index contributed by atoms with van der Waals surface area (Å²) < 4.78 is 60.1. The molecule has 3 aromatic heterocycles. The standard InChI is InChI=1S/C26H16Cl2F4N4O/c1-35-14-33-13-22(35)25(29,16-5-7-18(27)8-6-16)17-10-21-20(15-3-2-4-19(28)9-15)11-23(37)36(26(30,31)32)24(21)34-12-17/h2-14H,1H3/t25-/m1/s1. The molecule has 1 atom stereocenters. The van der Waals surface area contributed by atoms with Gasteiger partial charge in [-0.05, 0) is 47.0 Å². The van der Waals surface area contributed by atoms with Crippen molar-refractivity contribution in [1.29, 1.82) is 0 Å². The third kappa shape index (κ3) is 4.28. The Morgan fingerprint density at radius 3 is 2.22 bits per heavy atom. The molecule has 0 spiro atoms. The van der Waals surface area contributed by atoms with E-state index in [9.17, 15) is 18.0 Å². The summed E-state index contributed by atoms with van der Waals surface area (Å²) in [5.41, 5.74) is -3.66. The van der Waals surface area contributed by atoms with Crippen molar-refractivity contribution in [2.75, 3.05) is 0 Å². The van der Waals surface area contributed by atoms with E-state index in [0.29, 0.717) is 15.6 Å². The fourth-order valence-electron chi connectivity index (χ4n) is 4.36. The number of hydrogen-bond donors (Lipinski definition) is 0. The predicted molar refractivity (Wildman–Crippen MR) is 133 cm³/mol. The second-order valence-corrected chi connectivity index (χ2v) is 9.23. The molecule has 5 rings (SSSR count). The lowest BCUT2D eigenvalue weighted by Gasteiger charge is -2.27. The van der Waals surface area contributed by atoms with E-state index in [1.54, 1.807) is 25.2 Å². The van der Waals surface area contributed by atoms with Crippen LogP contribution in [0, 0.1) is 0 Å². The van der Waals surface area contributed by atoms with E-state index in [-0.39, 0.29) is 32.3 Å². The highest BCUT2D eigenvalue weighted by Crippen LogP contribution is 2.42. The van der Waals surface area contributed by atoms with Gasteiger partial charge in [0.05, 0.1) is 18.2 Å². The number of fused-ring (bicyclic) bond motifs is 1. The van der Waals surface area contributed by atoms with E-state index in [1.165, 1.54) is 53.5 Å². The maximum absolute atomic E-state index is 17.3. The molecule has 0 bridgehead atoms. The molecule has 5 aromatic rings. The summed E-state index contributed by atoms with van der Waals surface area (Å²) >= 11 is 12.1. The molecule has 0 amide bonds. The normalized spacial score (nSPS) is 13.6. The van der Waals surface area contributed by atoms with Crippen molar-refractivity contribution in [3.05, 3.63) is 117 Å². The fraction of sp³-hybridized carbons (Fsp3) is 0.115. The molecule has 2 aromatic carbocycles. The third-order valence-electron chi connectivity index (χ3n) is 6.06. The fourth-order valence-corrected chi connectivity index (χ4v) is 4.68. The topological polar surface area (TPSA) is 52.7 Å². The van der Waals surface area contributed by atoms with Gasteiger partial charge in [-0.15, -0.1) is 13.2 Å². The summed E-state index contributed by atoms with van der Waals surface area (Å²) in [6.07, 6.45) is -1.32. The van der Waals surface area contributed by atoms with Gasteiger partial charge in [0.1, 0.15) is 0 Å². The molecule has 0 saturated carbocycles. The Labute approximate surface area is 217 Å². The zero-order valence-corrected chi connectivity index (χ0v) is 20.5. The second kappa shape index (κ2) is 9.00. The Bertz CT molecular complexity index is 1700. The molecule has 0 radical (unpaired) electrons. The summed E-state index contributed by atoms with van der Waals surface area (Å²) in [6.45, 7) is 0. The first-order valence-corrected chi connectivity index (χ1v) is 11.6. The molecule has 0 unspecified atom stereocenters. The van der Waals surface area contributed by atoms with Gasteiger partial charge < -0.3 is 4.57 Å². The first-order valence-electron chi connectivity index (χ1n) is 10.8. The van der Waals surface area contributed by atoms with Crippen LogP contribution < -0.4 is 5.56 Å². The van der Waals surface area contributed by atoms with Gasteiger partial charge in [0.2, 0.25) is 5.67 Å². The minimum atomic E-state index is -5.05. The summed E-state index contributed by atoms with van der Waals surface area (Å²) in [5.74, 6) is 0. The lowest BCUT2D eigenvalue weighted by molar-refractivity contribution is -0.203. The predicted octanol–water partition coefficient (Wildman–Crippen LogP) is 6.84. The number of alkyl halides is 4. The van der Waals surface area contributed by atoms with Crippen LogP contribution in [0.2, 0.25) is 10.0 Å². The Kier molecular flexibility index (Phi) is 6.08. The molecule has 0 N–H and O–H groups in total. The number of hydrogen-bond acceptors (Lipinski definition) is 3. The van der Waals surface area contributed by atoms with Crippen LogP contribution in [0.1, 0.15) is 16.8 Å². The van der Waals surface area contributed by atoms with Crippen molar-refractivity contribution in [2.45, 2.75) is 12.0 Å². The summed E-state index contributed by atoms with van der Waals surface area (Å²) in [6, 6.07) is 14.4. The molecule has 37 heavy (non-hydrogen) atoms. The number of aromatic nitrogens is 4. The zero-order valence-electron chi connectivity index (χ0n) is 19.0. The van der Waals surface area contributed by atoms with Crippen molar-refractivity contribution in [1.82, 2.24) is 19.1 Å². The maximum Gasteiger partial charge on any atom is 0.493 e. The first-order chi connectivity index (χ1) is 17.5. The lowest BCUT2D eigenvalue weighted by atomic mass is 9.85. The molecule has 0 aliphatic rings. The molecule has 0 aliphatic heterocycles. The number of imidazole rings is 1. The molecular weight excluding hydrogens is 531 g/mol. The molecule has 5 nitrogen and oxygen atoms in total. The maximum atomic E-state index is 17.3. The monoisotopic (exact) mass is 546 g/mol. The molecule has 3 heterocycles. The van der Waals surface area contributed by atoms with Crippen molar-refractivity contribution in [3.63, 3.8) is 0 Å². The van der Waals surface area contributed by atoms with E-state index >= 15 is 4.39 Å². The number of benzene rings is 2. The van der Waals surface area contributed by atoms with E-state index in [0.717, 1.165) is 12.3 Å². The number of pyridine rings is 2. The van der Waals surface area contributed by atoms with Gasteiger partial charge in [0, 0.05) is 40.3 Å². The van der Waals surface area contributed by atoms with Gasteiger partial charge in [0.25, 0.3) is 5.56 Å². The van der Waals surface area contributed by atoms with Crippen molar-refractivity contribution >= 4 is 34.2 Å². The van der Waals surface area contributed by atoms with Crippen LogP contribution in [-0.2, 0) is 19.0 Å². The van der Waals surface area contributed by atoms with Crippen molar-refractivity contribution in [3.8, 4) is 11.1 Å². The van der Waals surface area contributed by atoms with E-state index < -0.39 is 23.2 Å². The second-order valence-electron chi connectivity index (χ2n) is 8.36. The van der Waals surface area contributed by atoms with Crippen LogP contribution in [0.4, 0.5) is 17.6 Å². The molecule has 0 saturated heterocycles. The number of nitrogens with zero attached hydrogens (tertiary/aromatic N) is 4.